The first-order chi connectivity index (χ1) is 14.6. The van der Waals surface area contributed by atoms with E-state index in [1.165, 1.54) is 6.07 Å². The van der Waals surface area contributed by atoms with Crippen LogP contribution in [-0.2, 0) is 0 Å². The molecule has 2 heterocycles. The molecule has 2 N–H and O–H groups in total. The van der Waals surface area contributed by atoms with Crippen LogP contribution in [-0.4, -0.2) is 21.9 Å². The molecule has 3 aromatic rings. The summed E-state index contributed by atoms with van der Waals surface area (Å²) in [5.74, 6) is -0.379. The first-order valence-corrected chi connectivity index (χ1v) is 10.0. The molecule has 1 aliphatic rings. The zero-order chi connectivity index (χ0) is 22.3. The molecule has 0 saturated heterocycles. The van der Waals surface area contributed by atoms with Crippen molar-refractivity contribution in [1.82, 2.24) is 9.78 Å². The molecule has 4 rings (SSSR count). The second-order valence-electron chi connectivity index (χ2n) is 7.96. The van der Waals surface area contributed by atoms with Crippen LogP contribution in [0.1, 0.15) is 51.2 Å². The quantitative estimate of drug-likeness (QED) is 0.561. The number of hydrogen-bond donors (Lipinski definition) is 2. The number of fused-ring (bicyclic) bond motifs is 1. The molecule has 1 aromatic heterocycles. The third-order valence-electron chi connectivity index (χ3n) is 5.76. The number of benzene rings is 2. The Hall–Kier alpha value is -3.29. The monoisotopic (exact) mass is 428 g/mol. The lowest BCUT2D eigenvalue weighted by Gasteiger charge is -2.33. The predicted molar refractivity (Wildman–Crippen MR) is 113 cm³/mol. The van der Waals surface area contributed by atoms with Gasteiger partial charge in [-0.25, -0.2) is 4.68 Å². The van der Waals surface area contributed by atoms with Gasteiger partial charge in [0.15, 0.2) is 11.7 Å². The van der Waals surface area contributed by atoms with Crippen molar-refractivity contribution in [1.29, 1.82) is 0 Å². The standard InChI is InChI=1S/C23H23F3N4O/c1-13-7-9-16(10-8-13)18-11-20(23(24,25)26)30-21(27-18)12-19(29-30)22(31)28-17-6-4-5-14(2)15(17)3/h4-10,12,18,20,27H,11H2,1-3H3,(H,28,31)/t18-,20+/m0/s1. The summed E-state index contributed by atoms with van der Waals surface area (Å²) in [6, 6.07) is 11.9. The van der Waals surface area contributed by atoms with Crippen molar-refractivity contribution in [2.75, 3.05) is 10.6 Å². The summed E-state index contributed by atoms with van der Waals surface area (Å²) in [5, 5.41) is 9.88. The van der Waals surface area contributed by atoms with Gasteiger partial charge in [0.05, 0.1) is 6.04 Å². The van der Waals surface area contributed by atoms with Gasteiger partial charge in [-0.2, -0.15) is 18.3 Å². The molecule has 162 valence electrons. The number of anilines is 2. The van der Waals surface area contributed by atoms with Crippen LogP contribution in [0.3, 0.4) is 0 Å². The third kappa shape index (κ3) is 4.15. The number of carbonyl (C=O) groups excluding carboxylic acids is 1. The Kier molecular flexibility index (Phi) is 5.24. The second-order valence-corrected chi connectivity index (χ2v) is 7.96. The SMILES string of the molecule is Cc1ccc([C@@H]2C[C@H](C(F)(F)F)n3nc(C(=O)Nc4cccc(C)c4C)cc3N2)cc1. The average Bonchev–Trinajstić information content (AvgIpc) is 3.14. The maximum absolute atomic E-state index is 13.8. The number of aryl methyl sites for hydroxylation is 2. The fourth-order valence-corrected chi connectivity index (χ4v) is 3.77. The van der Waals surface area contributed by atoms with Crippen LogP contribution in [0.4, 0.5) is 24.7 Å². The van der Waals surface area contributed by atoms with E-state index in [2.05, 4.69) is 15.7 Å². The van der Waals surface area contributed by atoms with Crippen LogP contribution < -0.4 is 10.6 Å². The van der Waals surface area contributed by atoms with E-state index >= 15 is 0 Å². The number of aromatic nitrogens is 2. The molecule has 1 amide bonds. The fourth-order valence-electron chi connectivity index (χ4n) is 3.77. The first-order valence-electron chi connectivity index (χ1n) is 10.0. The Balaban J connectivity index is 1.65. The van der Waals surface area contributed by atoms with Crippen molar-refractivity contribution in [3.63, 3.8) is 0 Å². The Bertz CT molecular complexity index is 1120. The largest absolute Gasteiger partial charge is 0.410 e. The lowest BCUT2D eigenvalue weighted by Crippen LogP contribution is -2.35. The Morgan fingerprint density at radius 2 is 1.84 bits per heavy atom. The lowest BCUT2D eigenvalue weighted by atomic mass is 9.96. The number of nitrogens with zero attached hydrogens (tertiary/aromatic N) is 2. The minimum absolute atomic E-state index is 0.0674. The van der Waals surface area contributed by atoms with E-state index in [0.29, 0.717) is 5.69 Å². The number of hydrogen-bond acceptors (Lipinski definition) is 3. The number of alkyl halides is 3. The van der Waals surface area contributed by atoms with E-state index in [0.717, 1.165) is 26.9 Å². The molecule has 2 atom stereocenters. The van der Waals surface area contributed by atoms with Crippen LogP contribution >= 0.6 is 0 Å². The van der Waals surface area contributed by atoms with E-state index in [-0.39, 0.29) is 17.9 Å². The van der Waals surface area contributed by atoms with Gasteiger partial charge in [0.25, 0.3) is 5.91 Å². The molecule has 0 aliphatic carbocycles. The van der Waals surface area contributed by atoms with E-state index in [1.54, 1.807) is 6.07 Å². The molecule has 5 nitrogen and oxygen atoms in total. The molecule has 0 bridgehead atoms. The summed E-state index contributed by atoms with van der Waals surface area (Å²) < 4.78 is 42.4. The number of halogens is 3. The summed E-state index contributed by atoms with van der Waals surface area (Å²) in [5.41, 5.74) is 4.22. The zero-order valence-corrected chi connectivity index (χ0v) is 17.4. The topological polar surface area (TPSA) is 59.0 Å². The molecule has 0 saturated carbocycles. The second kappa shape index (κ2) is 7.76. The van der Waals surface area contributed by atoms with Crippen LogP contribution in [0, 0.1) is 20.8 Å². The maximum atomic E-state index is 13.8. The number of nitrogens with one attached hydrogen (secondary N) is 2. The Morgan fingerprint density at radius 1 is 1.13 bits per heavy atom. The van der Waals surface area contributed by atoms with Crippen molar-refractivity contribution in [2.24, 2.45) is 0 Å². The molecule has 2 aromatic carbocycles. The highest BCUT2D eigenvalue weighted by molar-refractivity contribution is 6.03. The van der Waals surface area contributed by atoms with E-state index in [1.807, 2.05) is 57.2 Å². The number of amides is 1. The predicted octanol–water partition coefficient (Wildman–Crippen LogP) is 5.72. The summed E-state index contributed by atoms with van der Waals surface area (Å²) in [7, 11) is 0. The number of rotatable bonds is 3. The van der Waals surface area contributed by atoms with Gasteiger partial charge in [0.2, 0.25) is 0 Å². The zero-order valence-electron chi connectivity index (χ0n) is 17.4. The molecule has 0 fully saturated rings. The molecule has 8 heteroatoms. The van der Waals surface area contributed by atoms with Gasteiger partial charge in [-0.15, -0.1) is 0 Å². The molecular formula is C23H23F3N4O. The molecule has 0 unspecified atom stereocenters. The van der Waals surface area contributed by atoms with E-state index in [9.17, 15) is 18.0 Å². The van der Waals surface area contributed by atoms with Crippen molar-refractivity contribution in [3.05, 3.63) is 76.5 Å². The van der Waals surface area contributed by atoms with Crippen molar-refractivity contribution in [2.45, 2.75) is 45.5 Å². The van der Waals surface area contributed by atoms with E-state index < -0.39 is 24.2 Å². The van der Waals surface area contributed by atoms with Crippen LogP contribution in [0.2, 0.25) is 0 Å². The van der Waals surface area contributed by atoms with Gasteiger partial charge in [-0.05, 0) is 43.5 Å². The van der Waals surface area contributed by atoms with Crippen LogP contribution in [0.25, 0.3) is 0 Å². The minimum Gasteiger partial charge on any atom is -0.363 e. The van der Waals surface area contributed by atoms with Gasteiger partial charge in [0.1, 0.15) is 5.82 Å². The fraction of sp³-hybridized carbons (Fsp3) is 0.304. The Morgan fingerprint density at radius 3 is 2.52 bits per heavy atom. The Labute approximate surface area is 178 Å². The van der Waals surface area contributed by atoms with Crippen LogP contribution in [0.15, 0.2) is 48.5 Å². The maximum Gasteiger partial charge on any atom is 0.410 e. The van der Waals surface area contributed by atoms with Crippen molar-refractivity contribution in [3.8, 4) is 0 Å². The summed E-state index contributed by atoms with van der Waals surface area (Å²) >= 11 is 0. The summed E-state index contributed by atoms with van der Waals surface area (Å²) in [4.78, 5) is 12.7. The summed E-state index contributed by atoms with van der Waals surface area (Å²) in [6.07, 6.45) is -4.70. The average molecular weight is 428 g/mol. The van der Waals surface area contributed by atoms with E-state index in [4.69, 9.17) is 0 Å². The third-order valence-corrected chi connectivity index (χ3v) is 5.76. The molecule has 0 radical (unpaired) electrons. The van der Waals surface area contributed by atoms with Crippen molar-refractivity contribution >= 4 is 17.4 Å². The molecule has 0 spiro atoms. The number of carbonyl (C=O) groups is 1. The molecule has 1 aliphatic heterocycles. The van der Waals surface area contributed by atoms with Gasteiger partial charge < -0.3 is 10.6 Å². The molecule has 31 heavy (non-hydrogen) atoms. The van der Waals surface area contributed by atoms with Crippen LogP contribution in [0.5, 0.6) is 0 Å². The lowest BCUT2D eigenvalue weighted by molar-refractivity contribution is -0.173. The van der Waals surface area contributed by atoms with Gasteiger partial charge in [-0.1, -0.05) is 42.0 Å². The highest BCUT2D eigenvalue weighted by atomic mass is 19.4. The normalized spacial score (nSPS) is 18.3. The smallest absolute Gasteiger partial charge is 0.363 e. The summed E-state index contributed by atoms with van der Waals surface area (Å²) in [6.45, 7) is 5.71. The van der Waals surface area contributed by atoms with Crippen molar-refractivity contribution < 1.29 is 18.0 Å². The molecular weight excluding hydrogens is 405 g/mol. The highest BCUT2D eigenvalue weighted by Crippen LogP contribution is 2.43. The van der Waals surface area contributed by atoms with Gasteiger partial charge in [0, 0.05) is 18.2 Å². The first kappa shape index (κ1) is 21.0. The highest BCUT2D eigenvalue weighted by Gasteiger charge is 2.46. The minimum atomic E-state index is -4.49. The van der Waals surface area contributed by atoms with Gasteiger partial charge >= 0.3 is 6.18 Å². The van der Waals surface area contributed by atoms with Gasteiger partial charge in [-0.3, -0.25) is 4.79 Å².